The van der Waals surface area contributed by atoms with Crippen molar-refractivity contribution in [2.24, 2.45) is 0 Å². The standard InChI is InChI=1S/C18H21N5O/c1-12-13(2)24-16(19-12)11-23-10-6-9-15(23)18-20-17(21-22-18)14-7-4-3-5-8-14/h3-5,7-8,15H,6,9-11H2,1-2H3,(H,20,21,22)/t15-/m0/s1. The van der Waals surface area contributed by atoms with Gasteiger partial charge in [-0.3, -0.25) is 10.00 Å². The van der Waals surface area contributed by atoms with Gasteiger partial charge in [-0.25, -0.2) is 9.97 Å². The zero-order valence-corrected chi connectivity index (χ0v) is 14.0. The Morgan fingerprint density at radius 2 is 2.04 bits per heavy atom. The van der Waals surface area contributed by atoms with Crippen LogP contribution >= 0.6 is 0 Å². The minimum absolute atomic E-state index is 0.238. The van der Waals surface area contributed by atoms with E-state index in [1.807, 2.05) is 44.2 Å². The molecule has 1 fully saturated rings. The molecule has 0 radical (unpaired) electrons. The van der Waals surface area contributed by atoms with Gasteiger partial charge in [0.1, 0.15) is 11.6 Å². The van der Waals surface area contributed by atoms with E-state index < -0.39 is 0 Å². The summed E-state index contributed by atoms with van der Waals surface area (Å²) in [5, 5.41) is 7.51. The molecular formula is C18H21N5O. The molecule has 0 bridgehead atoms. The summed E-state index contributed by atoms with van der Waals surface area (Å²) in [5.74, 6) is 3.35. The van der Waals surface area contributed by atoms with Gasteiger partial charge in [-0.1, -0.05) is 30.3 Å². The van der Waals surface area contributed by atoms with Crippen molar-refractivity contribution in [2.45, 2.75) is 39.3 Å². The molecule has 24 heavy (non-hydrogen) atoms. The predicted molar refractivity (Wildman–Crippen MR) is 90.2 cm³/mol. The third-order valence-electron chi connectivity index (χ3n) is 4.63. The van der Waals surface area contributed by atoms with Gasteiger partial charge >= 0.3 is 0 Å². The number of nitrogens with one attached hydrogen (secondary N) is 1. The van der Waals surface area contributed by atoms with Crippen LogP contribution in [0.15, 0.2) is 34.7 Å². The fraction of sp³-hybridized carbons (Fsp3) is 0.389. The van der Waals surface area contributed by atoms with E-state index in [0.717, 1.165) is 53.9 Å². The second-order valence-corrected chi connectivity index (χ2v) is 6.29. The van der Waals surface area contributed by atoms with E-state index in [1.54, 1.807) is 0 Å². The van der Waals surface area contributed by atoms with Crippen molar-refractivity contribution in [1.29, 1.82) is 0 Å². The van der Waals surface area contributed by atoms with Crippen molar-refractivity contribution in [3.8, 4) is 11.4 Å². The van der Waals surface area contributed by atoms with Crippen LogP contribution in [0.1, 0.15) is 42.1 Å². The highest BCUT2D eigenvalue weighted by Crippen LogP contribution is 2.32. The molecule has 2 aromatic heterocycles. The normalized spacial score (nSPS) is 18.3. The molecule has 4 rings (SSSR count). The van der Waals surface area contributed by atoms with Crippen LogP contribution in [0.2, 0.25) is 0 Å². The molecule has 6 heteroatoms. The van der Waals surface area contributed by atoms with E-state index in [1.165, 1.54) is 0 Å². The fourth-order valence-electron chi connectivity index (χ4n) is 3.25. The molecule has 0 amide bonds. The second-order valence-electron chi connectivity index (χ2n) is 6.29. The van der Waals surface area contributed by atoms with Gasteiger partial charge in [-0.05, 0) is 33.2 Å². The number of likely N-dealkylation sites (tertiary alicyclic amines) is 1. The molecule has 1 aliphatic rings. The number of hydrogen-bond donors (Lipinski definition) is 1. The molecular weight excluding hydrogens is 302 g/mol. The van der Waals surface area contributed by atoms with Crippen molar-refractivity contribution in [2.75, 3.05) is 6.54 Å². The van der Waals surface area contributed by atoms with Gasteiger partial charge in [0, 0.05) is 5.56 Å². The predicted octanol–water partition coefficient (Wildman–Crippen LogP) is 3.41. The van der Waals surface area contributed by atoms with E-state index >= 15 is 0 Å². The molecule has 6 nitrogen and oxygen atoms in total. The maximum absolute atomic E-state index is 5.74. The minimum atomic E-state index is 0.238. The zero-order chi connectivity index (χ0) is 16.5. The molecule has 0 unspecified atom stereocenters. The third-order valence-corrected chi connectivity index (χ3v) is 4.63. The number of aromatic nitrogens is 4. The fourth-order valence-corrected chi connectivity index (χ4v) is 3.25. The SMILES string of the molecule is Cc1nc(CN2CCC[C@H]2c2nc(-c3ccccc3)n[nH]2)oc1C. The Hall–Kier alpha value is -2.47. The zero-order valence-electron chi connectivity index (χ0n) is 14.0. The minimum Gasteiger partial charge on any atom is -0.444 e. The molecule has 1 aromatic carbocycles. The van der Waals surface area contributed by atoms with Crippen molar-refractivity contribution in [3.05, 3.63) is 53.5 Å². The number of hydrogen-bond acceptors (Lipinski definition) is 5. The Balaban J connectivity index is 1.53. The molecule has 1 saturated heterocycles. The summed E-state index contributed by atoms with van der Waals surface area (Å²) < 4.78 is 5.74. The Morgan fingerprint density at radius 1 is 1.21 bits per heavy atom. The van der Waals surface area contributed by atoms with Crippen LogP contribution in [-0.4, -0.2) is 31.6 Å². The molecule has 1 atom stereocenters. The van der Waals surface area contributed by atoms with Crippen LogP contribution in [0.4, 0.5) is 0 Å². The van der Waals surface area contributed by atoms with Gasteiger partial charge in [0.05, 0.1) is 18.3 Å². The number of aromatic amines is 1. The van der Waals surface area contributed by atoms with Gasteiger partial charge in [-0.2, -0.15) is 5.10 Å². The van der Waals surface area contributed by atoms with Gasteiger partial charge in [0.25, 0.3) is 0 Å². The molecule has 3 heterocycles. The number of aryl methyl sites for hydroxylation is 2. The van der Waals surface area contributed by atoms with E-state index in [-0.39, 0.29) is 6.04 Å². The average Bonchev–Trinajstić information content (AvgIpc) is 3.30. The third kappa shape index (κ3) is 2.85. The van der Waals surface area contributed by atoms with Crippen LogP contribution < -0.4 is 0 Å². The molecule has 124 valence electrons. The maximum atomic E-state index is 5.74. The number of rotatable bonds is 4. The smallest absolute Gasteiger partial charge is 0.208 e. The molecule has 0 saturated carbocycles. The van der Waals surface area contributed by atoms with Crippen LogP contribution in [0.5, 0.6) is 0 Å². The monoisotopic (exact) mass is 323 g/mol. The summed E-state index contributed by atoms with van der Waals surface area (Å²) in [6.07, 6.45) is 2.22. The first-order valence-corrected chi connectivity index (χ1v) is 8.35. The summed E-state index contributed by atoms with van der Waals surface area (Å²) >= 11 is 0. The molecule has 1 aliphatic heterocycles. The van der Waals surface area contributed by atoms with E-state index in [2.05, 4.69) is 20.1 Å². The lowest BCUT2D eigenvalue weighted by Crippen LogP contribution is -2.23. The number of oxazole rings is 1. The second kappa shape index (κ2) is 6.20. The first-order chi connectivity index (χ1) is 11.7. The van der Waals surface area contributed by atoms with Gasteiger partial charge < -0.3 is 4.42 Å². The summed E-state index contributed by atoms with van der Waals surface area (Å²) in [6.45, 7) is 5.66. The lowest BCUT2D eigenvalue weighted by atomic mass is 10.2. The van der Waals surface area contributed by atoms with Crippen molar-refractivity contribution >= 4 is 0 Å². The first kappa shape index (κ1) is 15.1. The summed E-state index contributed by atoms with van der Waals surface area (Å²) in [5.41, 5.74) is 2.00. The number of H-pyrrole nitrogens is 1. The summed E-state index contributed by atoms with van der Waals surface area (Å²) in [4.78, 5) is 11.6. The molecule has 0 spiro atoms. The molecule has 0 aliphatic carbocycles. The highest BCUT2D eigenvalue weighted by molar-refractivity contribution is 5.53. The first-order valence-electron chi connectivity index (χ1n) is 8.35. The van der Waals surface area contributed by atoms with Crippen LogP contribution in [0.3, 0.4) is 0 Å². The quantitative estimate of drug-likeness (QED) is 0.796. The van der Waals surface area contributed by atoms with Gasteiger partial charge in [-0.15, -0.1) is 0 Å². The Kier molecular flexibility index (Phi) is 3.90. The average molecular weight is 323 g/mol. The lowest BCUT2D eigenvalue weighted by molar-refractivity contribution is 0.215. The van der Waals surface area contributed by atoms with Crippen LogP contribution in [-0.2, 0) is 6.54 Å². The van der Waals surface area contributed by atoms with Crippen LogP contribution in [0.25, 0.3) is 11.4 Å². The van der Waals surface area contributed by atoms with Gasteiger partial charge in [0.15, 0.2) is 5.82 Å². The van der Waals surface area contributed by atoms with E-state index in [9.17, 15) is 0 Å². The van der Waals surface area contributed by atoms with Gasteiger partial charge in [0.2, 0.25) is 5.89 Å². The van der Waals surface area contributed by atoms with Crippen LogP contribution in [0, 0.1) is 13.8 Å². The highest BCUT2D eigenvalue weighted by atomic mass is 16.4. The van der Waals surface area contributed by atoms with E-state index in [0.29, 0.717) is 6.54 Å². The number of benzene rings is 1. The highest BCUT2D eigenvalue weighted by Gasteiger charge is 2.30. The van der Waals surface area contributed by atoms with E-state index in [4.69, 9.17) is 9.40 Å². The Morgan fingerprint density at radius 3 is 2.79 bits per heavy atom. The van der Waals surface area contributed by atoms with Crippen molar-refractivity contribution in [3.63, 3.8) is 0 Å². The Labute approximate surface area is 140 Å². The molecule has 3 aromatic rings. The number of nitrogens with zero attached hydrogens (tertiary/aromatic N) is 4. The Bertz CT molecular complexity index is 804. The maximum Gasteiger partial charge on any atom is 0.208 e. The molecule has 1 N–H and O–H groups in total. The summed E-state index contributed by atoms with van der Waals surface area (Å²) in [7, 11) is 0. The topological polar surface area (TPSA) is 70.8 Å². The summed E-state index contributed by atoms with van der Waals surface area (Å²) in [6, 6.07) is 10.3. The van der Waals surface area contributed by atoms with Crippen molar-refractivity contribution in [1.82, 2.24) is 25.1 Å². The lowest BCUT2D eigenvalue weighted by Gasteiger charge is -2.20. The largest absolute Gasteiger partial charge is 0.444 e. The van der Waals surface area contributed by atoms with Crippen molar-refractivity contribution < 1.29 is 4.42 Å².